The summed E-state index contributed by atoms with van der Waals surface area (Å²) in [7, 11) is 0. The van der Waals surface area contributed by atoms with Gasteiger partial charge in [0.25, 0.3) is 0 Å². The zero-order valence-electron chi connectivity index (χ0n) is 19.4. The number of pyridine rings is 1. The number of carboxylic acid groups (broad SMARTS) is 1. The zero-order chi connectivity index (χ0) is 23.9. The highest BCUT2D eigenvalue weighted by Gasteiger charge is 2.16. The van der Waals surface area contributed by atoms with Crippen molar-refractivity contribution in [1.82, 2.24) is 4.98 Å². The van der Waals surface area contributed by atoms with Gasteiger partial charge in [-0.15, -0.1) is 0 Å². The number of aromatic nitrogens is 1. The second-order valence-electron chi connectivity index (χ2n) is 8.64. The van der Waals surface area contributed by atoms with E-state index in [4.69, 9.17) is 20.2 Å². The predicted molar refractivity (Wildman–Crippen MR) is 132 cm³/mol. The Morgan fingerprint density at radius 1 is 1.24 bits per heavy atom. The SMILES string of the molecule is C[C@@H](N)c1cccc(-c2cc(COc3ccccc3CC(=O)O)cc(NCC3CCCO3)c2)n1. The minimum absolute atomic E-state index is 0.0849. The highest BCUT2D eigenvalue weighted by molar-refractivity contribution is 5.71. The molecule has 7 nitrogen and oxygen atoms in total. The lowest BCUT2D eigenvalue weighted by Gasteiger charge is -2.16. The van der Waals surface area contributed by atoms with Crippen molar-refractivity contribution < 1.29 is 19.4 Å². The first-order valence-electron chi connectivity index (χ1n) is 11.6. The maximum atomic E-state index is 11.2. The van der Waals surface area contributed by atoms with E-state index in [0.29, 0.717) is 17.9 Å². The summed E-state index contributed by atoms with van der Waals surface area (Å²) in [5.41, 5.74) is 11.2. The fourth-order valence-electron chi connectivity index (χ4n) is 4.04. The number of carbonyl (C=O) groups is 1. The highest BCUT2D eigenvalue weighted by Crippen LogP contribution is 2.27. The van der Waals surface area contributed by atoms with E-state index in [1.165, 1.54) is 0 Å². The molecule has 2 atom stereocenters. The number of nitrogens with one attached hydrogen (secondary N) is 1. The van der Waals surface area contributed by atoms with Crippen LogP contribution in [0, 0.1) is 0 Å². The Labute approximate surface area is 199 Å². The van der Waals surface area contributed by atoms with E-state index in [2.05, 4.69) is 11.4 Å². The van der Waals surface area contributed by atoms with E-state index in [-0.39, 0.29) is 18.6 Å². The number of benzene rings is 2. The first-order valence-corrected chi connectivity index (χ1v) is 11.6. The quantitative estimate of drug-likeness (QED) is 0.406. The van der Waals surface area contributed by atoms with Crippen LogP contribution in [0.25, 0.3) is 11.3 Å². The van der Waals surface area contributed by atoms with Gasteiger partial charge in [-0.25, -0.2) is 0 Å². The molecule has 178 valence electrons. The molecule has 3 aromatic rings. The second kappa shape index (κ2) is 11.1. The van der Waals surface area contributed by atoms with Crippen LogP contribution < -0.4 is 15.8 Å². The van der Waals surface area contributed by atoms with E-state index in [0.717, 1.165) is 54.2 Å². The van der Waals surface area contributed by atoms with Crippen molar-refractivity contribution >= 4 is 11.7 Å². The van der Waals surface area contributed by atoms with Crippen LogP contribution in [0.5, 0.6) is 5.75 Å². The van der Waals surface area contributed by atoms with Gasteiger partial charge in [0, 0.05) is 36.0 Å². The van der Waals surface area contributed by atoms with E-state index >= 15 is 0 Å². The van der Waals surface area contributed by atoms with Gasteiger partial charge in [-0.3, -0.25) is 9.78 Å². The van der Waals surface area contributed by atoms with Gasteiger partial charge < -0.3 is 25.6 Å². The summed E-state index contributed by atoms with van der Waals surface area (Å²) in [6, 6.07) is 19.1. The Morgan fingerprint density at radius 3 is 2.85 bits per heavy atom. The van der Waals surface area contributed by atoms with Crippen LogP contribution in [0.15, 0.2) is 60.7 Å². The number of nitrogens with two attached hydrogens (primary N) is 1. The van der Waals surface area contributed by atoms with Crippen molar-refractivity contribution in [2.45, 2.75) is 44.9 Å². The maximum Gasteiger partial charge on any atom is 0.307 e. The fraction of sp³-hybridized carbons (Fsp3) is 0.333. The van der Waals surface area contributed by atoms with Crippen LogP contribution in [0.4, 0.5) is 5.69 Å². The number of hydrogen-bond donors (Lipinski definition) is 3. The lowest BCUT2D eigenvalue weighted by Crippen LogP contribution is -2.18. The van der Waals surface area contributed by atoms with Gasteiger partial charge in [-0.1, -0.05) is 24.3 Å². The Morgan fingerprint density at radius 2 is 2.09 bits per heavy atom. The van der Waals surface area contributed by atoms with Gasteiger partial charge >= 0.3 is 5.97 Å². The third-order valence-electron chi connectivity index (χ3n) is 5.79. The molecule has 0 amide bonds. The largest absolute Gasteiger partial charge is 0.489 e. The van der Waals surface area contributed by atoms with Crippen LogP contribution >= 0.6 is 0 Å². The standard InChI is InChI=1S/C27H31N3O4/c1-18(28)24-8-4-9-25(30-24)21-12-19(13-22(14-21)29-16-23-7-5-11-33-23)17-34-26-10-3-2-6-20(26)15-27(31)32/h2-4,6,8-10,12-14,18,23,29H,5,7,11,15-17,28H2,1H3,(H,31,32)/t18-,23?/m1/s1. The molecule has 7 heteroatoms. The van der Waals surface area contributed by atoms with E-state index in [1.807, 2.05) is 49.4 Å². The molecule has 0 radical (unpaired) electrons. The third kappa shape index (κ3) is 6.34. The monoisotopic (exact) mass is 461 g/mol. The van der Waals surface area contributed by atoms with Crippen LogP contribution in [-0.2, 0) is 22.6 Å². The van der Waals surface area contributed by atoms with E-state index in [1.54, 1.807) is 12.1 Å². The maximum absolute atomic E-state index is 11.2. The van der Waals surface area contributed by atoms with Crippen molar-refractivity contribution in [2.75, 3.05) is 18.5 Å². The Bertz CT molecular complexity index is 1130. The average molecular weight is 462 g/mol. The number of carboxylic acids is 1. The smallest absolute Gasteiger partial charge is 0.307 e. The van der Waals surface area contributed by atoms with Crippen LogP contribution in [0.3, 0.4) is 0 Å². The van der Waals surface area contributed by atoms with Crippen LogP contribution in [0.2, 0.25) is 0 Å². The Balaban J connectivity index is 1.59. The number of anilines is 1. The number of rotatable bonds is 10. The molecule has 1 aliphatic rings. The molecule has 0 saturated carbocycles. The first kappa shape index (κ1) is 23.7. The molecule has 0 spiro atoms. The van der Waals surface area contributed by atoms with Gasteiger partial charge in [0.05, 0.1) is 23.9 Å². The molecule has 1 unspecified atom stereocenters. The molecule has 1 aromatic heterocycles. The lowest BCUT2D eigenvalue weighted by atomic mass is 10.0. The molecule has 0 aliphatic carbocycles. The summed E-state index contributed by atoms with van der Waals surface area (Å²) in [5.74, 6) is -0.319. The van der Waals surface area contributed by atoms with Crippen molar-refractivity contribution in [1.29, 1.82) is 0 Å². The number of aliphatic carboxylic acids is 1. The number of ether oxygens (including phenoxy) is 2. The van der Waals surface area contributed by atoms with Gasteiger partial charge in [-0.2, -0.15) is 0 Å². The summed E-state index contributed by atoms with van der Waals surface area (Å²) in [4.78, 5) is 16.0. The van der Waals surface area contributed by atoms with E-state index in [9.17, 15) is 9.90 Å². The number of nitrogens with zero attached hydrogens (tertiary/aromatic N) is 1. The highest BCUT2D eigenvalue weighted by atomic mass is 16.5. The average Bonchev–Trinajstić information content (AvgIpc) is 3.36. The lowest BCUT2D eigenvalue weighted by molar-refractivity contribution is -0.136. The van der Waals surface area contributed by atoms with E-state index < -0.39 is 5.97 Å². The molecular weight excluding hydrogens is 430 g/mol. The van der Waals surface area contributed by atoms with Gasteiger partial charge in [0.1, 0.15) is 12.4 Å². The molecule has 34 heavy (non-hydrogen) atoms. The van der Waals surface area contributed by atoms with Gasteiger partial charge in [0.2, 0.25) is 0 Å². The third-order valence-corrected chi connectivity index (χ3v) is 5.79. The molecule has 0 bridgehead atoms. The van der Waals surface area contributed by atoms with Gasteiger partial charge in [-0.05, 0) is 61.7 Å². The Hall–Kier alpha value is -3.42. The van der Waals surface area contributed by atoms with Crippen molar-refractivity contribution in [2.24, 2.45) is 5.73 Å². The van der Waals surface area contributed by atoms with Crippen LogP contribution in [-0.4, -0.2) is 35.3 Å². The topological polar surface area (TPSA) is 107 Å². The van der Waals surface area contributed by atoms with Crippen molar-refractivity contribution in [3.05, 3.63) is 77.5 Å². The molecule has 4 N–H and O–H groups in total. The van der Waals surface area contributed by atoms with Crippen molar-refractivity contribution in [3.8, 4) is 17.0 Å². The molecule has 2 heterocycles. The summed E-state index contributed by atoms with van der Waals surface area (Å²) >= 11 is 0. The van der Waals surface area contributed by atoms with Gasteiger partial charge in [0.15, 0.2) is 0 Å². The summed E-state index contributed by atoms with van der Waals surface area (Å²) < 4.78 is 11.8. The number of hydrogen-bond acceptors (Lipinski definition) is 6. The summed E-state index contributed by atoms with van der Waals surface area (Å²) in [6.07, 6.45) is 2.28. The number of para-hydroxylation sites is 1. The summed E-state index contributed by atoms with van der Waals surface area (Å²) in [5, 5.41) is 12.7. The van der Waals surface area contributed by atoms with Crippen molar-refractivity contribution in [3.63, 3.8) is 0 Å². The molecule has 1 saturated heterocycles. The minimum Gasteiger partial charge on any atom is -0.489 e. The zero-order valence-corrected chi connectivity index (χ0v) is 19.4. The normalized spacial score (nSPS) is 16.2. The molecule has 4 rings (SSSR count). The minimum atomic E-state index is -0.890. The molecular formula is C27H31N3O4. The Kier molecular flexibility index (Phi) is 7.77. The molecule has 1 aliphatic heterocycles. The van der Waals surface area contributed by atoms with Crippen LogP contribution in [0.1, 0.15) is 42.6 Å². The summed E-state index contributed by atoms with van der Waals surface area (Å²) in [6.45, 7) is 3.76. The second-order valence-corrected chi connectivity index (χ2v) is 8.64. The molecule has 2 aromatic carbocycles. The molecule has 1 fully saturated rings. The predicted octanol–water partition coefficient (Wildman–Crippen LogP) is 4.57. The fourth-order valence-corrected chi connectivity index (χ4v) is 4.04. The first-order chi connectivity index (χ1) is 16.5.